The topological polar surface area (TPSA) is 61.8 Å². The molecule has 4 rings (SSSR count). The van der Waals surface area contributed by atoms with Crippen LogP contribution in [0.5, 0.6) is 5.75 Å². The van der Waals surface area contributed by atoms with Crippen molar-refractivity contribution in [3.05, 3.63) is 65.0 Å². The van der Waals surface area contributed by atoms with E-state index in [-0.39, 0.29) is 12.3 Å². The SMILES string of the molecule is COCOc1cc(C)cn2nc3c(c12)CC(N)(c1ccccc1)CC3. The minimum Gasteiger partial charge on any atom is -0.465 e. The van der Waals surface area contributed by atoms with Crippen LogP contribution in [0.4, 0.5) is 0 Å². The van der Waals surface area contributed by atoms with E-state index in [2.05, 4.69) is 12.1 Å². The highest BCUT2D eigenvalue weighted by Crippen LogP contribution is 2.38. The van der Waals surface area contributed by atoms with Gasteiger partial charge in [0.15, 0.2) is 6.79 Å². The Morgan fingerprint density at radius 3 is 2.84 bits per heavy atom. The second kappa shape index (κ2) is 6.17. The number of ether oxygens (including phenoxy) is 2. The van der Waals surface area contributed by atoms with Crippen LogP contribution in [0, 0.1) is 6.92 Å². The summed E-state index contributed by atoms with van der Waals surface area (Å²) in [5.74, 6) is 0.799. The molecule has 1 aliphatic rings. The highest BCUT2D eigenvalue weighted by molar-refractivity contribution is 5.68. The molecule has 1 unspecified atom stereocenters. The molecule has 3 aromatic rings. The molecule has 5 nitrogen and oxygen atoms in total. The summed E-state index contributed by atoms with van der Waals surface area (Å²) in [7, 11) is 1.62. The number of aryl methyl sites for hydroxylation is 2. The molecule has 1 aromatic carbocycles. The highest BCUT2D eigenvalue weighted by Gasteiger charge is 2.35. The summed E-state index contributed by atoms with van der Waals surface area (Å²) in [5.41, 5.74) is 12.0. The first-order valence-electron chi connectivity index (χ1n) is 8.57. The van der Waals surface area contributed by atoms with Crippen molar-refractivity contribution in [1.29, 1.82) is 0 Å². The molecular formula is C20H23N3O2. The third-order valence-corrected chi connectivity index (χ3v) is 4.99. The Balaban J connectivity index is 1.82. The molecule has 5 heteroatoms. The molecular weight excluding hydrogens is 314 g/mol. The largest absolute Gasteiger partial charge is 0.465 e. The van der Waals surface area contributed by atoms with E-state index >= 15 is 0 Å². The number of benzene rings is 1. The van der Waals surface area contributed by atoms with Gasteiger partial charge in [-0.15, -0.1) is 0 Å². The van der Waals surface area contributed by atoms with Crippen LogP contribution in [0.15, 0.2) is 42.6 Å². The molecule has 1 aliphatic carbocycles. The first-order valence-corrected chi connectivity index (χ1v) is 8.57. The van der Waals surface area contributed by atoms with Gasteiger partial charge in [0.05, 0.1) is 5.69 Å². The molecule has 0 saturated heterocycles. The number of rotatable bonds is 4. The van der Waals surface area contributed by atoms with E-state index in [4.69, 9.17) is 20.3 Å². The monoisotopic (exact) mass is 337 g/mol. The first-order chi connectivity index (χ1) is 12.1. The number of hydrogen-bond acceptors (Lipinski definition) is 4. The Morgan fingerprint density at radius 1 is 1.28 bits per heavy atom. The zero-order valence-corrected chi connectivity index (χ0v) is 14.7. The van der Waals surface area contributed by atoms with Gasteiger partial charge in [0, 0.05) is 24.4 Å². The van der Waals surface area contributed by atoms with Crippen molar-refractivity contribution < 1.29 is 9.47 Å². The normalized spacial score (nSPS) is 19.8. The average Bonchev–Trinajstić information content (AvgIpc) is 2.97. The summed E-state index contributed by atoms with van der Waals surface area (Å²) in [6, 6.07) is 12.4. The van der Waals surface area contributed by atoms with Crippen LogP contribution in [-0.2, 0) is 23.1 Å². The quantitative estimate of drug-likeness (QED) is 0.744. The maximum Gasteiger partial charge on any atom is 0.188 e. The molecule has 0 spiro atoms. The van der Waals surface area contributed by atoms with Gasteiger partial charge in [-0.2, -0.15) is 5.10 Å². The van der Waals surface area contributed by atoms with Gasteiger partial charge in [-0.1, -0.05) is 30.3 Å². The third kappa shape index (κ3) is 2.79. The fourth-order valence-corrected chi connectivity index (χ4v) is 3.76. The lowest BCUT2D eigenvalue weighted by atomic mass is 9.76. The summed E-state index contributed by atoms with van der Waals surface area (Å²) < 4.78 is 12.8. The fraction of sp³-hybridized carbons (Fsp3) is 0.350. The van der Waals surface area contributed by atoms with Crippen molar-refractivity contribution in [3.63, 3.8) is 0 Å². The molecule has 1 atom stereocenters. The molecule has 0 radical (unpaired) electrons. The lowest BCUT2D eigenvalue weighted by Gasteiger charge is -2.33. The van der Waals surface area contributed by atoms with Crippen molar-refractivity contribution >= 4 is 5.52 Å². The van der Waals surface area contributed by atoms with Crippen molar-refractivity contribution in [2.24, 2.45) is 5.73 Å². The Hall–Kier alpha value is -2.37. The van der Waals surface area contributed by atoms with Gasteiger partial charge in [0.1, 0.15) is 11.3 Å². The molecule has 0 aliphatic heterocycles. The average molecular weight is 337 g/mol. The minimum atomic E-state index is -0.374. The van der Waals surface area contributed by atoms with Crippen LogP contribution in [0.1, 0.15) is 28.8 Å². The molecule has 0 bridgehead atoms. The number of nitrogens with zero attached hydrogens (tertiary/aromatic N) is 2. The van der Waals surface area contributed by atoms with Crippen molar-refractivity contribution in [3.8, 4) is 5.75 Å². The Kier molecular flexibility index (Phi) is 3.98. The molecule has 25 heavy (non-hydrogen) atoms. The summed E-state index contributed by atoms with van der Waals surface area (Å²) in [5, 5.41) is 4.78. The van der Waals surface area contributed by atoms with Gasteiger partial charge in [-0.3, -0.25) is 0 Å². The number of nitrogens with two attached hydrogens (primary N) is 1. The van der Waals surface area contributed by atoms with Crippen LogP contribution in [-0.4, -0.2) is 23.5 Å². The predicted molar refractivity (Wildman–Crippen MR) is 96.8 cm³/mol. The predicted octanol–water partition coefficient (Wildman–Crippen LogP) is 2.97. The summed E-state index contributed by atoms with van der Waals surface area (Å²) in [6.45, 7) is 2.25. The second-order valence-electron chi connectivity index (χ2n) is 6.85. The number of aromatic nitrogens is 2. The Bertz CT molecular complexity index is 904. The summed E-state index contributed by atoms with van der Waals surface area (Å²) in [4.78, 5) is 0. The standard InChI is InChI=1S/C20H23N3O2/c1-14-10-18(25-13-24-2)19-16-11-20(21,15-6-4-3-5-7-15)9-8-17(16)22-23(19)12-14/h3-7,10,12H,8-9,11,13,21H2,1-2H3. The van der Waals surface area contributed by atoms with Gasteiger partial charge in [-0.25, -0.2) is 4.52 Å². The van der Waals surface area contributed by atoms with E-state index in [1.165, 1.54) is 11.1 Å². The van der Waals surface area contributed by atoms with E-state index in [1.807, 2.05) is 41.9 Å². The molecule has 0 saturated carbocycles. The molecule has 0 amide bonds. The zero-order chi connectivity index (χ0) is 17.4. The lowest BCUT2D eigenvalue weighted by Crippen LogP contribution is -2.42. The molecule has 2 N–H and O–H groups in total. The highest BCUT2D eigenvalue weighted by atomic mass is 16.7. The van der Waals surface area contributed by atoms with E-state index in [1.54, 1.807) is 7.11 Å². The van der Waals surface area contributed by atoms with Gasteiger partial charge >= 0.3 is 0 Å². The first kappa shape index (κ1) is 16.1. The van der Waals surface area contributed by atoms with Crippen LogP contribution >= 0.6 is 0 Å². The van der Waals surface area contributed by atoms with Crippen LogP contribution in [0.3, 0.4) is 0 Å². The summed E-state index contributed by atoms with van der Waals surface area (Å²) >= 11 is 0. The molecule has 0 fully saturated rings. The zero-order valence-electron chi connectivity index (χ0n) is 14.7. The fourth-order valence-electron chi connectivity index (χ4n) is 3.76. The molecule has 2 heterocycles. The van der Waals surface area contributed by atoms with Crippen molar-refractivity contribution in [2.75, 3.05) is 13.9 Å². The molecule has 130 valence electrons. The van der Waals surface area contributed by atoms with Gasteiger partial charge in [-0.05, 0) is 43.4 Å². The van der Waals surface area contributed by atoms with Crippen LogP contribution in [0.25, 0.3) is 5.52 Å². The smallest absolute Gasteiger partial charge is 0.188 e. The third-order valence-electron chi connectivity index (χ3n) is 4.99. The number of methoxy groups -OCH3 is 1. The van der Waals surface area contributed by atoms with E-state index in [9.17, 15) is 0 Å². The number of hydrogen-bond donors (Lipinski definition) is 1. The second-order valence-corrected chi connectivity index (χ2v) is 6.85. The van der Waals surface area contributed by atoms with E-state index in [0.717, 1.165) is 41.8 Å². The Morgan fingerprint density at radius 2 is 2.08 bits per heavy atom. The Labute approximate surface area is 147 Å². The molecule has 2 aromatic heterocycles. The van der Waals surface area contributed by atoms with Gasteiger partial charge in [0.25, 0.3) is 0 Å². The number of fused-ring (bicyclic) bond motifs is 3. The van der Waals surface area contributed by atoms with Crippen molar-refractivity contribution in [1.82, 2.24) is 9.61 Å². The number of pyridine rings is 1. The summed E-state index contributed by atoms with van der Waals surface area (Å²) in [6.07, 6.45) is 4.54. The maximum absolute atomic E-state index is 6.82. The van der Waals surface area contributed by atoms with Crippen LogP contribution < -0.4 is 10.5 Å². The van der Waals surface area contributed by atoms with E-state index < -0.39 is 0 Å². The van der Waals surface area contributed by atoms with Crippen molar-refractivity contribution in [2.45, 2.75) is 31.7 Å². The van der Waals surface area contributed by atoms with E-state index in [0.29, 0.717) is 0 Å². The van der Waals surface area contributed by atoms with Crippen LogP contribution in [0.2, 0.25) is 0 Å². The van der Waals surface area contributed by atoms with Gasteiger partial charge in [0.2, 0.25) is 0 Å². The van der Waals surface area contributed by atoms with Gasteiger partial charge < -0.3 is 15.2 Å². The minimum absolute atomic E-state index is 0.214. The lowest BCUT2D eigenvalue weighted by molar-refractivity contribution is 0.0518. The maximum atomic E-state index is 6.82.